The number of amides is 1. The quantitative estimate of drug-likeness (QED) is 0.534. The number of carbonyl (C=O) groups excluding carboxylic acids is 1. The first-order chi connectivity index (χ1) is 14.6. The third-order valence-corrected chi connectivity index (χ3v) is 5.43. The molecule has 0 unspecified atom stereocenters. The minimum atomic E-state index is -4.41. The highest BCUT2D eigenvalue weighted by molar-refractivity contribution is 6.09. The van der Waals surface area contributed by atoms with Gasteiger partial charge in [0, 0.05) is 19.5 Å². The summed E-state index contributed by atoms with van der Waals surface area (Å²) >= 11 is 0. The van der Waals surface area contributed by atoms with E-state index in [9.17, 15) is 18.0 Å². The number of nitrogens with zero attached hydrogens (tertiary/aromatic N) is 5. The van der Waals surface area contributed by atoms with E-state index >= 15 is 0 Å². The van der Waals surface area contributed by atoms with E-state index in [0.29, 0.717) is 27.7 Å². The zero-order chi connectivity index (χ0) is 22.5. The number of aryl methyl sites for hydroxylation is 1. The number of alkyl halides is 3. The molecule has 10 heteroatoms. The minimum Gasteiger partial charge on any atom is -0.383 e. The number of aromatic nitrogens is 4. The van der Waals surface area contributed by atoms with Gasteiger partial charge in [-0.25, -0.2) is 9.97 Å². The van der Waals surface area contributed by atoms with Crippen molar-refractivity contribution in [3.63, 3.8) is 0 Å². The van der Waals surface area contributed by atoms with E-state index in [-0.39, 0.29) is 11.6 Å². The van der Waals surface area contributed by atoms with Crippen LogP contribution in [0.15, 0.2) is 42.7 Å². The second kappa shape index (κ2) is 7.22. The van der Waals surface area contributed by atoms with Gasteiger partial charge in [-0.1, -0.05) is 12.1 Å². The van der Waals surface area contributed by atoms with Gasteiger partial charge in [0.1, 0.15) is 11.5 Å². The molecule has 4 aromatic rings. The maximum absolute atomic E-state index is 13.1. The van der Waals surface area contributed by atoms with Gasteiger partial charge in [0.05, 0.1) is 40.4 Å². The fraction of sp³-hybridized carbons (Fsp3) is 0.238. The molecule has 0 aliphatic rings. The lowest BCUT2D eigenvalue weighted by Gasteiger charge is -2.25. The summed E-state index contributed by atoms with van der Waals surface area (Å²) in [5.74, 6) is -0.0500. The summed E-state index contributed by atoms with van der Waals surface area (Å²) in [6, 6.07) is 5.92. The van der Waals surface area contributed by atoms with Gasteiger partial charge in [0.2, 0.25) is 0 Å². The van der Waals surface area contributed by atoms with Crippen LogP contribution in [0.25, 0.3) is 21.8 Å². The molecule has 160 valence electrons. The Bertz CT molecular complexity index is 1300. The van der Waals surface area contributed by atoms with E-state index in [4.69, 9.17) is 5.73 Å². The Labute approximate surface area is 175 Å². The second-order valence-electron chi connectivity index (χ2n) is 7.33. The first kappa shape index (κ1) is 20.6. The molecule has 3 aromatic heterocycles. The van der Waals surface area contributed by atoms with E-state index in [1.165, 1.54) is 23.2 Å². The molecule has 1 amide bonds. The summed E-state index contributed by atoms with van der Waals surface area (Å²) in [7, 11) is 3.35. The van der Waals surface area contributed by atoms with Crippen molar-refractivity contribution in [1.82, 2.24) is 24.6 Å². The average Bonchev–Trinajstić information content (AvgIpc) is 3.14. The van der Waals surface area contributed by atoms with Crippen molar-refractivity contribution in [3.05, 3.63) is 59.5 Å². The molecule has 0 saturated heterocycles. The van der Waals surface area contributed by atoms with Crippen LogP contribution < -0.4 is 5.73 Å². The van der Waals surface area contributed by atoms with Crippen LogP contribution in [-0.2, 0) is 13.2 Å². The van der Waals surface area contributed by atoms with Gasteiger partial charge in [-0.3, -0.25) is 9.48 Å². The number of benzene rings is 1. The van der Waals surface area contributed by atoms with Crippen molar-refractivity contribution < 1.29 is 18.0 Å². The van der Waals surface area contributed by atoms with Crippen molar-refractivity contribution in [2.75, 3.05) is 12.8 Å². The molecular weight excluding hydrogens is 409 g/mol. The van der Waals surface area contributed by atoms with Gasteiger partial charge in [-0.2, -0.15) is 18.3 Å². The van der Waals surface area contributed by atoms with Crippen molar-refractivity contribution in [1.29, 1.82) is 0 Å². The average molecular weight is 428 g/mol. The van der Waals surface area contributed by atoms with Gasteiger partial charge in [0.15, 0.2) is 0 Å². The fourth-order valence-electron chi connectivity index (χ4n) is 3.51. The first-order valence-corrected chi connectivity index (χ1v) is 9.39. The van der Waals surface area contributed by atoms with Crippen LogP contribution in [0.3, 0.4) is 0 Å². The predicted molar refractivity (Wildman–Crippen MR) is 110 cm³/mol. The molecular formula is C21H19F3N6O. The summed E-state index contributed by atoms with van der Waals surface area (Å²) < 4.78 is 40.1. The Morgan fingerprint density at radius 2 is 1.84 bits per heavy atom. The highest BCUT2D eigenvalue weighted by atomic mass is 19.4. The standard InChI is InChI=1S/C21H19F3N6O/c1-11(12-4-6-13(7-5-12)21(22,23)24)29(2)20(31)16-8-14-17(10-26-16)28-19(25)15-9-27-30(3)18(14)15/h4-11H,1-3H3,(H2,25,28)/t11-/m1/s1. The number of hydrogen-bond acceptors (Lipinski definition) is 5. The number of nitrogen functional groups attached to an aromatic ring is 1. The lowest BCUT2D eigenvalue weighted by Crippen LogP contribution is -2.30. The first-order valence-electron chi connectivity index (χ1n) is 9.39. The summed E-state index contributed by atoms with van der Waals surface area (Å²) in [6.45, 7) is 1.74. The van der Waals surface area contributed by atoms with Crippen LogP contribution in [0.1, 0.15) is 34.6 Å². The SMILES string of the molecule is C[C@H](c1ccc(C(F)(F)F)cc1)N(C)C(=O)c1cc2c(cn1)nc(N)c1cnn(C)c12. The normalized spacial score (nSPS) is 13.0. The van der Waals surface area contributed by atoms with Crippen LogP contribution >= 0.6 is 0 Å². The molecule has 1 atom stereocenters. The number of rotatable bonds is 3. The van der Waals surface area contributed by atoms with E-state index in [1.807, 2.05) is 0 Å². The second-order valence-corrected chi connectivity index (χ2v) is 7.33. The molecule has 2 N–H and O–H groups in total. The van der Waals surface area contributed by atoms with Crippen LogP contribution in [0.5, 0.6) is 0 Å². The number of pyridine rings is 2. The third kappa shape index (κ3) is 3.54. The molecule has 4 rings (SSSR count). The molecule has 31 heavy (non-hydrogen) atoms. The number of carbonyl (C=O) groups is 1. The highest BCUT2D eigenvalue weighted by Gasteiger charge is 2.30. The molecule has 0 aliphatic carbocycles. The molecule has 0 saturated carbocycles. The van der Waals surface area contributed by atoms with Gasteiger partial charge < -0.3 is 10.6 Å². The van der Waals surface area contributed by atoms with Crippen LogP contribution in [0.4, 0.5) is 19.0 Å². The van der Waals surface area contributed by atoms with Crippen molar-refractivity contribution in [2.24, 2.45) is 7.05 Å². The Hall–Kier alpha value is -3.69. The Balaban J connectivity index is 1.67. The number of nitrogens with two attached hydrogens (primary N) is 1. The van der Waals surface area contributed by atoms with E-state index in [0.717, 1.165) is 17.6 Å². The minimum absolute atomic E-state index is 0.183. The lowest BCUT2D eigenvalue weighted by molar-refractivity contribution is -0.137. The van der Waals surface area contributed by atoms with E-state index < -0.39 is 17.8 Å². The van der Waals surface area contributed by atoms with E-state index in [2.05, 4.69) is 15.1 Å². The zero-order valence-electron chi connectivity index (χ0n) is 17.0. The van der Waals surface area contributed by atoms with Gasteiger partial charge in [-0.15, -0.1) is 0 Å². The fourth-order valence-corrected chi connectivity index (χ4v) is 3.51. The molecule has 0 aliphatic heterocycles. The smallest absolute Gasteiger partial charge is 0.383 e. The summed E-state index contributed by atoms with van der Waals surface area (Å²) in [5.41, 5.74) is 7.27. The lowest BCUT2D eigenvalue weighted by atomic mass is 10.0. The van der Waals surface area contributed by atoms with Gasteiger partial charge in [0.25, 0.3) is 5.91 Å². The molecule has 7 nitrogen and oxygen atoms in total. The topological polar surface area (TPSA) is 89.9 Å². The van der Waals surface area contributed by atoms with Crippen molar-refractivity contribution in [3.8, 4) is 0 Å². The van der Waals surface area contributed by atoms with Crippen LogP contribution in [0.2, 0.25) is 0 Å². The number of fused-ring (bicyclic) bond motifs is 3. The van der Waals surface area contributed by atoms with Crippen LogP contribution in [0, 0.1) is 0 Å². The Morgan fingerprint density at radius 1 is 1.16 bits per heavy atom. The molecule has 0 fully saturated rings. The maximum Gasteiger partial charge on any atom is 0.416 e. The number of halogens is 3. The molecule has 0 bridgehead atoms. The van der Waals surface area contributed by atoms with E-state index in [1.54, 1.807) is 38.0 Å². The number of hydrogen-bond donors (Lipinski definition) is 1. The van der Waals surface area contributed by atoms with Crippen molar-refractivity contribution >= 4 is 33.5 Å². The monoisotopic (exact) mass is 428 g/mol. The Kier molecular flexibility index (Phi) is 4.79. The molecule has 0 spiro atoms. The molecule has 1 aromatic carbocycles. The highest BCUT2D eigenvalue weighted by Crippen LogP contribution is 2.31. The summed E-state index contributed by atoms with van der Waals surface area (Å²) in [6.07, 6.45) is -1.33. The number of anilines is 1. The molecule has 0 radical (unpaired) electrons. The molecule has 3 heterocycles. The zero-order valence-corrected chi connectivity index (χ0v) is 17.0. The summed E-state index contributed by atoms with van der Waals surface area (Å²) in [4.78, 5) is 23.0. The predicted octanol–water partition coefficient (Wildman–Crippen LogP) is 3.95. The third-order valence-electron chi connectivity index (χ3n) is 5.43. The maximum atomic E-state index is 13.1. The Morgan fingerprint density at radius 3 is 2.48 bits per heavy atom. The van der Waals surface area contributed by atoms with Gasteiger partial charge >= 0.3 is 6.18 Å². The van der Waals surface area contributed by atoms with Crippen LogP contribution in [-0.4, -0.2) is 37.6 Å². The summed E-state index contributed by atoms with van der Waals surface area (Å²) in [5, 5.41) is 5.56. The van der Waals surface area contributed by atoms with Crippen molar-refractivity contribution in [2.45, 2.75) is 19.1 Å². The van der Waals surface area contributed by atoms with Gasteiger partial charge in [-0.05, 0) is 30.7 Å². The largest absolute Gasteiger partial charge is 0.416 e.